The number of likely N-dealkylation sites (tertiary alicyclic amines) is 1. The molecule has 80 valence electrons. The molecule has 1 aliphatic heterocycles. The summed E-state index contributed by atoms with van der Waals surface area (Å²) in [6, 6.07) is 0. The number of rotatable bonds is 3. The molecule has 1 unspecified atom stereocenters. The van der Waals surface area contributed by atoms with Gasteiger partial charge in [0.15, 0.2) is 0 Å². The minimum absolute atomic E-state index is 0.0376. The Morgan fingerprint density at radius 1 is 1.64 bits per heavy atom. The first-order valence-corrected chi connectivity index (χ1v) is 4.72. The van der Waals surface area contributed by atoms with E-state index in [0.29, 0.717) is 19.5 Å². The number of hydrogen-bond acceptors (Lipinski definition) is 3. The summed E-state index contributed by atoms with van der Waals surface area (Å²) < 4.78 is 0. The standard InChI is InChI=1S/C9H17N3O2/c1-11(2)9(14)6-12-5-7(4-10)3-8(12)13/h7H,3-6,10H2,1-2H3. The molecule has 0 aromatic heterocycles. The molecule has 5 heteroatoms. The minimum Gasteiger partial charge on any atom is -0.347 e. The summed E-state index contributed by atoms with van der Waals surface area (Å²) in [5, 5.41) is 0. The first-order chi connectivity index (χ1) is 6.54. The maximum Gasteiger partial charge on any atom is 0.241 e. The van der Waals surface area contributed by atoms with E-state index >= 15 is 0 Å². The minimum atomic E-state index is -0.0454. The Bertz CT molecular complexity index is 240. The molecule has 0 saturated carbocycles. The molecular formula is C9H17N3O2. The van der Waals surface area contributed by atoms with Crippen LogP contribution in [0.15, 0.2) is 0 Å². The van der Waals surface area contributed by atoms with Gasteiger partial charge in [0.2, 0.25) is 11.8 Å². The molecule has 0 spiro atoms. The average molecular weight is 199 g/mol. The van der Waals surface area contributed by atoms with Crippen molar-refractivity contribution in [2.24, 2.45) is 11.7 Å². The number of hydrogen-bond donors (Lipinski definition) is 1. The van der Waals surface area contributed by atoms with Gasteiger partial charge in [0.25, 0.3) is 0 Å². The zero-order valence-electron chi connectivity index (χ0n) is 8.69. The zero-order chi connectivity index (χ0) is 10.7. The van der Waals surface area contributed by atoms with Gasteiger partial charge in [-0.1, -0.05) is 0 Å². The van der Waals surface area contributed by atoms with Gasteiger partial charge < -0.3 is 15.5 Å². The Labute approximate surface area is 83.8 Å². The van der Waals surface area contributed by atoms with Gasteiger partial charge in [-0.2, -0.15) is 0 Å². The average Bonchev–Trinajstić information content (AvgIpc) is 2.47. The van der Waals surface area contributed by atoms with Crippen molar-refractivity contribution in [1.82, 2.24) is 9.80 Å². The summed E-state index contributed by atoms with van der Waals surface area (Å²) in [4.78, 5) is 25.8. The third-order valence-electron chi connectivity index (χ3n) is 2.45. The van der Waals surface area contributed by atoms with Crippen LogP contribution in [0.25, 0.3) is 0 Å². The highest BCUT2D eigenvalue weighted by molar-refractivity contribution is 5.85. The normalized spacial score (nSPS) is 21.5. The van der Waals surface area contributed by atoms with E-state index in [4.69, 9.17) is 5.73 Å². The molecule has 0 aromatic carbocycles. The number of nitrogens with zero attached hydrogens (tertiary/aromatic N) is 2. The topological polar surface area (TPSA) is 66.6 Å². The molecule has 1 aliphatic rings. The third kappa shape index (κ3) is 2.45. The molecular weight excluding hydrogens is 182 g/mol. The van der Waals surface area contributed by atoms with E-state index in [-0.39, 0.29) is 24.3 Å². The summed E-state index contributed by atoms with van der Waals surface area (Å²) in [6.07, 6.45) is 0.483. The summed E-state index contributed by atoms with van der Waals surface area (Å²) in [5.74, 6) is 0.212. The number of amides is 2. The fraction of sp³-hybridized carbons (Fsp3) is 0.778. The molecule has 0 radical (unpaired) electrons. The maximum atomic E-state index is 11.4. The van der Waals surface area contributed by atoms with Gasteiger partial charge in [-0.15, -0.1) is 0 Å². The Hall–Kier alpha value is -1.10. The highest BCUT2D eigenvalue weighted by Crippen LogP contribution is 2.15. The number of likely N-dealkylation sites (N-methyl/N-ethyl adjacent to an activating group) is 1. The monoisotopic (exact) mass is 199 g/mol. The van der Waals surface area contributed by atoms with Crippen molar-refractivity contribution in [2.45, 2.75) is 6.42 Å². The van der Waals surface area contributed by atoms with Crippen molar-refractivity contribution in [3.05, 3.63) is 0 Å². The maximum absolute atomic E-state index is 11.4. The van der Waals surface area contributed by atoms with Gasteiger partial charge in [-0.3, -0.25) is 9.59 Å². The predicted octanol–water partition coefficient (Wildman–Crippen LogP) is -1.12. The first kappa shape index (κ1) is 11.0. The Morgan fingerprint density at radius 3 is 2.71 bits per heavy atom. The van der Waals surface area contributed by atoms with E-state index in [9.17, 15) is 9.59 Å². The van der Waals surface area contributed by atoms with Crippen molar-refractivity contribution in [2.75, 3.05) is 33.7 Å². The number of nitrogens with two attached hydrogens (primary N) is 1. The lowest BCUT2D eigenvalue weighted by atomic mass is 10.1. The van der Waals surface area contributed by atoms with Crippen molar-refractivity contribution in [1.29, 1.82) is 0 Å². The van der Waals surface area contributed by atoms with E-state index in [1.165, 1.54) is 4.90 Å². The highest BCUT2D eigenvalue weighted by atomic mass is 16.2. The summed E-state index contributed by atoms with van der Waals surface area (Å²) in [6.45, 7) is 1.32. The van der Waals surface area contributed by atoms with E-state index in [0.717, 1.165) is 0 Å². The quantitative estimate of drug-likeness (QED) is 0.626. The van der Waals surface area contributed by atoms with Crippen LogP contribution in [0.2, 0.25) is 0 Å². The molecule has 1 saturated heterocycles. The second-order valence-electron chi connectivity index (χ2n) is 3.87. The second kappa shape index (κ2) is 4.41. The van der Waals surface area contributed by atoms with E-state index in [1.54, 1.807) is 19.0 Å². The fourth-order valence-electron chi connectivity index (χ4n) is 1.47. The molecule has 14 heavy (non-hydrogen) atoms. The SMILES string of the molecule is CN(C)C(=O)CN1CC(CN)CC1=O. The van der Waals surface area contributed by atoms with Crippen molar-refractivity contribution in [3.8, 4) is 0 Å². The summed E-state index contributed by atoms with van der Waals surface area (Å²) in [7, 11) is 3.37. The lowest BCUT2D eigenvalue weighted by Crippen LogP contribution is -2.37. The Kier molecular flexibility index (Phi) is 3.46. The van der Waals surface area contributed by atoms with Crippen LogP contribution in [-0.4, -0.2) is 55.3 Å². The second-order valence-corrected chi connectivity index (χ2v) is 3.87. The summed E-state index contributed by atoms with van der Waals surface area (Å²) >= 11 is 0. The van der Waals surface area contributed by atoms with E-state index in [1.807, 2.05) is 0 Å². The van der Waals surface area contributed by atoms with Crippen molar-refractivity contribution < 1.29 is 9.59 Å². The molecule has 1 atom stereocenters. The van der Waals surface area contributed by atoms with Crippen LogP contribution in [0, 0.1) is 5.92 Å². The largest absolute Gasteiger partial charge is 0.347 e. The van der Waals surface area contributed by atoms with Crippen LogP contribution < -0.4 is 5.73 Å². The molecule has 5 nitrogen and oxygen atoms in total. The van der Waals surface area contributed by atoms with Crippen LogP contribution >= 0.6 is 0 Å². The Balaban J connectivity index is 2.46. The zero-order valence-corrected chi connectivity index (χ0v) is 8.69. The summed E-state index contributed by atoms with van der Waals surface area (Å²) in [5.41, 5.74) is 5.47. The predicted molar refractivity (Wildman–Crippen MR) is 52.4 cm³/mol. The van der Waals surface area contributed by atoms with Crippen LogP contribution in [0.1, 0.15) is 6.42 Å². The third-order valence-corrected chi connectivity index (χ3v) is 2.45. The molecule has 1 rings (SSSR count). The first-order valence-electron chi connectivity index (χ1n) is 4.72. The van der Waals surface area contributed by atoms with Crippen LogP contribution in [0.5, 0.6) is 0 Å². The van der Waals surface area contributed by atoms with Gasteiger partial charge in [0.1, 0.15) is 0 Å². The Morgan fingerprint density at radius 2 is 2.29 bits per heavy atom. The van der Waals surface area contributed by atoms with E-state index in [2.05, 4.69) is 0 Å². The highest BCUT2D eigenvalue weighted by Gasteiger charge is 2.29. The van der Waals surface area contributed by atoms with Crippen LogP contribution in [0.3, 0.4) is 0 Å². The van der Waals surface area contributed by atoms with Crippen LogP contribution in [-0.2, 0) is 9.59 Å². The lowest BCUT2D eigenvalue weighted by molar-refractivity contribution is -0.136. The molecule has 1 fully saturated rings. The molecule has 1 heterocycles. The van der Waals surface area contributed by atoms with Gasteiger partial charge in [0.05, 0.1) is 6.54 Å². The van der Waals surface area contributed by atoms with Gasteiger partial charge >= 0.3 is 0 Å². The van der Waals surface area contributed by atoms with Crippen molar-refractivity contribution in [3.63, 3.8) is 0 Å². The molecule has 0 bridgehead atoms. The number of carbonyl (C=O) groups excluding carboxylic acids is 2. The molecule has 2 N–H and O–H groups in total. The van der Waals surface area contributed by atoms with Crippen molar-refractivity contribution >= 4 is 11.8 Å². The molecule has 0 aliphatic carbocycles. The van der Waals surface area contributed by atoms with Gasteiger partial charge in [-0.05, 0) is 12.5 Å². The fourth-order valence-corrected chi connectivity index (χ4v) is 1.47. The van der Waals surface area contributed by atoms with E-state index < -0.39 is 0 Å². The molecule has 2 amide bonds. The van der Waals surface area contributed by atoms with Gasteiger partial charge in [-0.25, -0.2) is 0 Å². The van der Waals surface area contributed by atoms with Gasteiger partial charge in [0, 0.05) is 27.1 Å². The number of carbonyl (C=O) groups is 2. The smallest absolute Gasteiger partial charge is 0.241 e. The lowest BCUT2D eigenvalue weighted by Gasteiger charge is -2.18. The molecule has 0 aromatic rings. The van der Waals surface area contributed by atoms with Crippen LogP contribution in [0.4, 0.5) is 0 Å².